The zero-order valence-corrected chi connectivity index (χ0v) is 14.9. The van der Waals surface area contributed by atoms with Gasteiger partial charge in [-0.05, 0) is 49.1 Å². The van der Waals surface area contributed by atoms with E-state index in [9.17, 15) is 13.2 Å². The third-order valence-corrected chi connectivity index (χ3v) is 7.16. The van der Waals surface area contributed by atoms with Gasteiger partial charge in [0.15, 0.2) is 5.84 Å². The topological polar surface area (TPSA) is 24.8 Å². The summed E-state index contributed by atoms with van der Waals surface area (Å²) in [6.45, 7) is -1.01. The molecule has 2 heterocycles. The van der Waals surface area contributed by atoms with Crippen LogP contribution in [0.25, 0.3) is 10.1 Å². The first kappa shape index (κ1) is 16.4. The second-order valence-electron chi connectivity index (χ2n) is 7.62. The molecule has 0 radical (unpaired) electrons. The van der Waals surface area contributed by atoms with E-state index in [1.165, 1.54) is 16.2 Å². The summed E-state index contributed by atoms with van der Waals surface area (Å²) in [6, 6.07) is 9.74. The molecule has 2 aromatic rings. The average molecular weight is 380 g/mol. The third kappa shape index (κ3) is 2.51. The number of amidine groups is 1. The summed E-state index contributed by atoms with van der Waals surface area (Å²) in [5, 5.41) is 5.24. The van der Waals surface area contributed by atoms with Crippen LogP contribution in [0.15, 0.2) is 35.5 Å². The van der Waals surface area contributed by atoms with Crippen LogP contribution in [0.3, 0.4) is 0 Å². The van der Waals surface area contributed by atoms with Crippen molar-refractivity contribution in [2.24, 2.45) is 17.0 Å². The Morgan fingerprint density at radius 2 is 1.96 bits per heavy atom. The second-order valence-corrected chi connectivity index (χ2v) is 8.71. The Labute approximate surface area is 153 Å². The summed E-state index contributed by atoms with van der Waals surface area (Å²) in [5.41, 5.74) is -0.914. The number of nitrogens with zero attached hydrogens (tertiary/aromatic N) is 2. The van der Waals surface area contributed by atoms with Crippen LogP contribution in [0.2, 0.25) is 0 Å². The highest BCUT2D eigenvalue weighted by Crippen LogP contribution is 2.53. The largest absolute Gasteiger partial charge is 0.406 e. The van der Waals surface area contributed by atoms with Crippen LogP contribution in [0.4, 0.5) is 13.2 Å². The number of thiophene rings is 1. The van der Waals surface area contributed by atoms with Crippen LogP contribution >= 0.6 is 11.3 Å². The lowest BCUT2D eigenvalue weighted by molar-refractivity contribution is -0.222. The lowest BCUT2D eigenvalue weighted by Crippen LogP contribution is -2.60. The minimum Gasteiger partial charge on any atom is -0.365 e. The zero-order chi connectivity index (χ0) is 17.9. The van der Waals surface area contributed by atoms with Gasteiger partial charge in [-0.15, -0.1) is 11.3 Å². The van der Waals surface area contributed by atoms with Gasteiger partial charge in [0.05, 0.1) is 4.88 Å². The SMILES string of the molecule is FC(F)(F)CN1C(c2cc3ccccc3s2)=NOC12CC1CCC2CC1. The quantitative estimate of drug-likeness (QED) is 0.700. The monoisotopic (exact) mass is 380 g/mol. The maximum Gasteiger partial charge on any atom is 0.406 e. The molecule has 26 heavy (non-hydrogen) atoms. The second kappa shape index (κ2) is 5.62. The van der Waals surface area contributed by atoms with Gasteiger partial charge >= 0.3 is 6.18 Å². The van der Waals surface area contributed by atoms with E-state index in [2.05, 4.69) is 5.16 Å². The summed E-state index contributed by atoms with van der Waals surface area (Å²) in [7, 11) is 0. The molecule has 1 aromatic carbocycles. The number of hydrogen-bond acceptors (Lipinski definition) is 4. The molecule has 3 saturated carbocycles. The van der Waals surface area contributed by atoms with E-state index in [1.54, 1.807) is 0 Å². The fourth-order valence-electron chi connectivity index (χ4n) is 4.90. The molecule has 1 spiro atoms. The van der Waals surface area contributed by atoms with Crippen LogP contribution in [0.5, 0.6) is 0 Å². The smallest absolute Gasteiger partial charge is 0.365 e. The lowest BCUT2D eigenvalue weighted by Gasteiger charge is -2.51. The van der Waals surface area contributed by atoms with E-state index < -0.39 is 18.4 Å². The van der Waals surface area contributed by atoms with Gasteiger partial charge in [0.1, 0.15) is 6.54 Å². The van der Waals surface area contributed by atoms with Gasteiger partial charge in [0, 0.05) is 17.0 Å². The molecule has 7 heteroatoms. The molecule has 3 nitrogen and oxygen atoms in total. The van der Waals surface area contributed by atoms with Gasteiger partial charge in [0.2, 0.25) is 5.72 Å². The molecule has 1 unspecified atom stereocenters. The Kier molecular flexibility index (Phi) is 3.55. The van der Waals surface area contributed by atoms with Crippen LogP contribution < -0.4 is 0 Å². The summed E-state index contributed by atoms with van der Waals surface area (Å²) < 4.78 is 41.3. The molecule has 4 aliphatic rings. The average Bonchev–Trinajstić information content (AvgIpc) is 3.17. The zero-order valence-electron chi connectivity index (χ0n) is 14.1. The number of rotatable bonds is 2. The predicted octanol–water partition coefficient (Wildman–Crippen LogP) is 5.36. The summed E-state index contributed by atoms with van der Waals surface area (Å²) >= 11 is 1.47. The molecule has 138 valence electrons. The molecule has 0 N–H and O–H groups in total. The van der Waals surface area contributed by atoms with Gasteiger partial charge in [0.25, 0.3) is 0 Å². The van der Waals surface area contributed by atoms with Crippen LogP contribution in [-0.2, 0) is 4.84 Å². The fourth-order valence-corrected chi connectivity index (χ4v) is 5.95. The van der Waals surface area contributed by atoms with Crippen molar-refractivity contribution in [3.8, 4) is 0 Å². The van der Waals surface area contributed by atoms with Crippen molar-refractivity contribution in [1.29, 1.82) is 0 Å². The Balaban J connectivity index is 1.56. The van der Waals surface area contributed by atoms with Crippen molar-refractivity contribution in [3.05, 3.63) is 35.2 Å². The highest BCUT2D eigenvalue weighted by molar-refractivity contribution is 7.20. The van der Waals surface area contributed by atoms with Crippen molar-refractivity contribution in [2.75, 3.05) is 6.54 Å². The molecule has 1 aliphatic heterocycles. The number of halogens is 3. The van der Waals surface area contributed by atoms with Gasteiger partial charge < -0.3 is 9.74 Å². The maximum atomic E-state index is 13.4. The van der Waals surface area contributed by atoms with Crippen LogP contribution in [0, 0.1) is 11.8 Å². The molecule has 2 bridgehead atoms. The lowest BCUT2D eigenvalue weighted by atomic mass is 9.65. The van der Waals surface area contributed by atoms with Crippen LogP contribution in [0.1, 0.15) is 37.0 Å². The first-order chi connectivity index (χ1) is 12.4. The minimum absolute atomic E-state index is 0.116. The predicted molar refractivity (Wildman–Crippen MR) is 95.0 cm³/mol. The maximum absolute atomic E-state index is 13.4. The van der Waals surface area contributed by atoms with Gasteiger partial charge in [-0.1, -0.05) is 23.4 Å². The molecule has 3 fully saturated rings. The van der Waals surface area contributed by atoms with E-state index in [0.29, 0.717) is 18.2 Å². The summed E-state index contributed by atoms with van der Waals surface area (Å²) in [5.74, 6) is 0.897. The Morgan fingerprint density at radius 1 is 1.19 bits per heavy atom. The molecule has 1 aromatic heterocycles. The van der Waals surface area contributed by atoms with E-state index in [0.717, 1.165) is 40.6 Å². The van der Waals surface area contributed by atoms with E-state index in [-0.39, 0.29) is 5.92 Å². The molecule has 0 saturated heterocycles. The number of oxime groups is 1. The summed E-state index contributed by atoms with van der Waals surface area (Å²) in [6.07, 6.45) is 0.380. The molecule has 3 aliphatic carbocycles. The molecular weight excluding hydrogens is 361 g/mol. The first-order valence-corrected chi connectivity index (χ1v) is 9.86. The molecule has 0 amide bonds. The van der Waals surface area contributed by atoms with Gasteiger partial charge in [-0.3, -0.25) is 0 Å². The molecular formula is C19H19F3N2OS. The Bertz CT molecular complexity index is 836. The van der Waals surface area contributed by atoms with E-state index in [4.69, 9.17) is 4.84 Å². The fraction of sp³-hybridized carbons (Fsp3) is 0.526. The number of benzene rings is 1. The number of hydrogen-bond donors (Lipinski definition) is 0. The van der Waals surface area contributed by atoms with Crippen molar-refractivity contribution >= 4 is 27.3 Å². The molecule has 6 rings (SSSR count). The highest BCUT2D eigenvalue weighted by atomic mass is 32.1. The Hall–Kier alpha value is -1.76. The van der Waals surface area contributed by atoms with Crippen LogP contribution in [-0.4, -0.2) is 29.2 Å². The summed E-state index contributed by atoms with van der Waals surface area (Å²) in [4.78, 5) is 8.03. The standard InChI is InChI=1S/C19H19F3N2OS/c20-19(21,22)11-24-17(16-9-13-3-1-2-4-15(13)26-16)23-25-18(24)10-12-5-7-14(18)8-6-12/h1-4,9,12,14H,5-8,10-11H2. The normalized spacial score (nSPS) is 30.9. The number of alkyl halides is 3. The van der Waals surface area contributed by atoms with E-state index in [1.807, 2.05) is 30.3 Å². The van der Waals surface area contributed by atoms with Crippen molar-refractivity contribution in [1.82, 2.24) is 4.90 Å². The van der Waals surface area contributed by atoms with Crippen molar-refractivity contribution < 1.29 is 18.0 Å². The molecule has 1 atom stereocenters. The van der Waals surface area contributed by atoms with E-state index >= 15 is 0 Å². The van der Waals surface area contributed by atoms with Gasteiger partial charge in [-0.2, -0.15) is 13.2 Å². The Morgan fingerprint density at radius 3 is 2.62 bits per heavy atom. The van der Waals surface area contributed by atoms with Crippen molar-refractivity contribution in [2.45, 2.75) is 44.0 Å². The van der Waals surface area contributed by atoms with Gasteiger partial charge in [-0.25, -0.2) is 0 Å². The highest BCUT2D eigenvalue weighted by Gasteiger charge is 2.59. The third-order valence-electron chi connectivity index (χ3n) is 6.05. The minimum atomic E-state index is -4.30. The first-order valence-electron chi connectivity index (χ1n) is 9.04. The van der Waals surface area contributed by atoms with Crippen molar-refractivity contribution in [3.63, 3.8) is 0 Å². The number of fused-ring (bicyclic) bond motifs is 3.